The highest BCUT2D eigenvalue weighted by Crippen LogP contribution is 2.00. The summed E-state index contributed by atoms with van der Waals surface area (Å²) in [4.78, 5) is 20.7. The van der Waals surface area contributed by atoms with E-state index in [2.05, 4.69) is 25.3 Å². The van der Waals surface area contributed by atoms with Gasteiger partial charge >= 0.3 is 11.9 Å². The first kappa shape index (κ1) is 21.9. The fourth-order valence-corrected chi connectivity index (χ4v) is 1.24. The van der Waals surface area contributed by atoms with Gasteiger partial charge in [0.1, 0.15) is 6.61 Å². The average molecular weight is 328 g/mol. The van der Waals surface area contributed by atoms with Crippen LogP contribution in [0.5, 0.6) is 0 Å². The number of carboxylic acid groups (broad SMARTS) is 1. The minimum atomic E-state index is -0.789. The normalized spacial score (nSPS) is 12.8. The number of carbonyl (C=O) groups excluding carboxylic acids is 1. The number of esters is 1. The number of aliphatic hydroxyl groups excluding tert-OH is 1. The van der Waals surface area contributed by atoms with Crippen molar-refractivity contribution >= 4 is 37.2 Å². The molecular formula is C12H24O6S2. The monoisotopic (exact) mass is 328 g/mol. The molecule has 6 nitrogen and oxygen atoms in total. The molecule has 0 spiro atoms. The Morgan fingerprint density at radius 1 is 1.05 bits per heavy atom. The Morgan fingerprint density at radius 2 is 1.60 bits per heavy atom. The number of aliphatic carboxylic acids is 1. The molecule has 2 atom stereocenters. The van der Waals surface area contributed by atoms with Crippen molar-refractivity contribution in [3.63, 3.8) is 0 Å². The second-order valence-corrected chi connectivity index (χ2v) is 5.82. The van der Waals surface area contributed by atoms with Crippen LogP contribution >= 0.6 is 25.3 Å². The van der Waals surface area contributed by atoms with Gasteiger partial charge in [0, 0.05) is 10.5 Å². The topological polar surface area (TPSA) is 93.1 Å². The molecule has 20 heavy (non-hydrogen) atoms. The van der Waals surface area contributed by atoms with Gasteiger partial charge in [0.2, 0.25) is 0 Å². The number of hydrogen-bond donors (Lipinski definition) is 4. The molecule has 0 heterocycles. The Balaban J connectivity index is 0. The summed E-state index contributed by atoms with van der Waals surface area (Å²) in [6.07, 6.45) is 0.451. The maximum atomic E-state index is 10.9. The molecule has 0 saturated heterocycles. The number of hydrogen-bond acceptors (Lipinski definition) is 7. The number of carboxylic acids is 1. The van der Waals surface area contributed by atoms with Gasteiger partial charge in [-0.3, -0.25) is 9.59 Å². The van der Waals surface area contributed by atoms with E-state index in [1.165, 1.54) is 0 Å². The molecule has 0 bridgehead atoms. The van der Waals surface area contributed by atoms with Crippen LogP contribution in [0, 0.1) is 0 Å². The van der Waals surface area contributed by atoms with Crippen LogP contribution < -0.4 is 0 Å². The van der Waals surface area contributed by atoms with Gasteiger partial charge in [-0.2, -0.15) is 25.3 Å². The molecule has 2 N–H and O–H groups in total. The molecule has 0 aromatic carbocycles. The van der Waals surface area contributed by atoms with Crippen molar-refractivity contribution in [3.8, 4) is 0 Å². The number of rotatable bonds is 9. The molecular weight excluding hydrogens is 304 g/mol. The zero-order valence-corrected chi connectivity index (χ0v) is 13.6. The summed E-state index contributed by atoms with van der Waals surface area (Å²) in [7, 11) is 0. The van der Waals surface area contributed by atoms with Crippen LogP contribution in [0.3, 0.4) is 0 Å². The van der Waals surface area contributed by atoms with E-state index in [-0.39, 0.29) is 42.7 Å². The Hall–Kier alpha value is -0.440. The van der Waals surface area contributed by atoms with Crippen molar-refractivity contribution in [1.29, 1.82) is 0 Å². The quantitative estimate of drug-likeness (QED) is 0.287. The standard InChI is InChI=1S/C8H16O4S.C4H8O2S/c1-7(13)6-8(10)12-5-4-11-3-2-9;1-3(7)2-4(5)6/h7,9,13H,2-6H2,1H3;3,7H,2H2,1H3,(H,5,6). The molecule has 0 rings (SSSR count). The van der Waals surface area contributed by atoms with Crippen molar-refractivity contribution in [2.45, 2.75) is 37.2 Å². The van der Waals surface area contributed by atoms with E-state index >= 15 is 0 Å². The smallest absolute Gasteiger partial charge is 0.306 e. The molecule has 2 unspecified atom stereocenters. The summed E-state index contributed by atoms with van der Waals surface area (Å²) in [5.41, 5.74) is 0. The third-order valence-corrected chi connectivity index (χ3v) is 2.02. The van der Waals surface area contributed by atoms with Gasteiger partial charge in [0.25, 0.3) is 0 Å². The Morgan fingerprint density at radius 3 is 1.95 bits per heavy atom. The van der Waals surface area contributed by atoms with Crippen LogP contribution in [-0.2, 0) is 19.1 Å². The second-order valence-electron chi connectivity index (χ2n) is 4.06. The molecule has 120 valence electrons. The largest absolute Gasteiger partial charge is 0.481 e. The van der Waals surface area contributed by atoms with Crippen molar-refractivity contribution in [2.75, 3.05) is 26.4 Å². The maximum Gasteiger partial charge on any atom is 0.306 e. The highest BCUT2D eigenvalue weighted by Gasteiger charge is 2.05. The van der Waals surface area contributed by atoms with Crippen LogP contribution in [0.1, 0.15) is 26.7 Å². The van der Waals surface area contributed by atoms with E-state index < -0.39 is 5.97 Å². The lowest BCUT2D eigenvalue weighted by Crippen LogP contribution is -2.14. The molecule has 0 aromatic heterocycles. The summed E-state index contributed by atoms with van der Waals surface area (Å²) in [5.74, 6) is -1.06. The van der Waals surface area contributed by atoms with Crippen LogP contribution in [0.15, 0.2) is 0 Å². The lowest BCUT2D eigenvalue weighted by molar-refractivity contribution is -0.145. The third kappa shape index (κ3) is 22.7. The highest BCUT2D eigenvalue weighted by molar-refractivity contribution is 7.81. The molecule has 0 amide bonds. The summed E-state index contributed by atoms with van der Waals surface area (Å²) < 4.78 is 9.70. The number of aliphatic hydroxyl groups is 1. The minimum Gasteiger partial charge on any atom is -0.481 e. The maximum absolute atomic E-state index is 10.9. The first-order valence-electron chi connectivity index (χ1n) is 6.21. The van der Waals surface area contributed by atoms with E-state index in [9.17, 15) is 9.59 Å². The SMILES string of the molecule is CC(S)CC(=O)O.CC(S)CC(=O)OCCOCCO. The summed E-state index contributed by atoms with van der Waals surface area (Å²) >= 11 is 7.91. The lowest BCUT2D eigenvalue weighted by atomic mass is 10.3. The molecule has 0 radical (unpaired) electrons. The fraction of sp³-hybridized carbons (Fsp3) is 0.833. The molecule has 0 fully saturated rings. The van der Waals surface area contributed by atoms with E-state index in [0.29, 0.717) is 13.0 Å². The molecule has 8 heteroatoms. The zero-order valence-electron chi connectivity index (χ0n) is 11.8. The van der Waals surface area contributed by atoms with Gasteiger partial charge < -0.3 is 19.7 Å². The van der Waals surface area contributed by atoms with Crippen molar-refractivity contribution in [2.24, 2.45) is 0 Å². The van der Waals surface area contributed by atoms with E-state index in [4.69, 9.17) is 19.7 Å². The zero-order chi connectivity index (χ0) is 16.0. The summed E-state index contributed by atoms with van der Waals surface area (Å²) in [6, 6.07) is 0. The lowest BCUT2D eigenvalue weighted by Gasteiger charge is -2.06. The van der Waals surface area contributed by atoms with Crippen LogP contribution in [-0.4, -0.2) is 59.1 Å². The third-order valence-electron chi connectivity index (χ3n) is 1.66. The predicted molar refractivity (Wildman–Crippen MR) is 82.6 cm³/mol. The van der Waals surface area contributed by atoms with Crippen LogP contribution in [0.2, 0.25) is 0 Å². The number of carbonyl (C=O) groups is 2. The molecule has 0 aromatic rings. The Bertz CT molecular complexity index is 258. The van der Waals surface area contributed by atoms with Crippen molar-refractivity contribution in [1.82, 2.24) is 0 Å². The van der Waals surface area contributed by atoms with Crippen molar-refractivity contribution < 1.29 is 29.3 Å². The van der Waals surface area contributed by atoms with Crippen molar-refractivity contribution in [3.05, 3.63) is 0 Å². The van der Waals surface area contributed by atoms with Gasteiger partial charge in [0.05, 0.1) is 32.7 Å². The molecule has 0 aliphatic rings. The second kappa shape index (κ2) is 15.0. The Labute approximate surface area is 130 Å². The van der Waals surface area contributed by atoms with Gasteiger partial charge in [-0.25, -0.2) is 0 Å². The predicted octanol–water partition coefficient (Wildman–Crippen LogP) is 1.03. The fourth-order valence-electron chi connectivity index (χ4n) is 0.934. The molecule has 0 saturated carbocycles. The summed E-state index contributed by atoms with van der Waals surface area (Å²) in [6.45, 7) is 4.40. The number of thiol groups is 2. The first-order chi connectivity index (χ1) is 9.29. The molecule has 0 aliphatic heterocycles. The van der Waals surface area contributed by atoms with Crippen LogP contribution in [0.4, 0.5) is 0 Å². The van der Waals surface area contributed by atoms with Crippen LogP contribution in [0.25, 0.3) is 0 Å². The molecule has 0 aliphatic carbocycles. The van der Waals surface area contributed by atoms with E-state index in [0.717, 1.165) is 0 Å². The average Bonchev–Trinajstić information content (AvgIpc) is 2.26. The minimum absolute atomic E-state index is 0.0123. The van der Waals surface area contributed by atoms with E-state index in [1.807, 2.05) is 6.92 Å². The van der Waals surface area contributed by atoms with E-state index in [1.54, 1.807) is 6.92 Å². The summed E-state index contributed by atoms with van der Waals surface area (Å²) in [5, 5.41) is 16.4. The highest BCUT2D eigenvalue weighted by atomic mass is 32.1. The first-order valence-corrected chi connectivity index (χ1v) is 7.25. The van der Waals surface area contributed by atoms with Gasteiger partial charge in [-0.05, 0) is 0 Å². The Kier molecular flexibility index (Phi) is 16.3. The van der Waals surface area contributed by atoms with Gasteiger partial charge in [0.15, 0.2) is 0 Å². The van der Waals surface area contributed by atoms with Gasteiger partial charge in [-0.15, -0.1) is 0 Å². The number of ether oxygens (including phenoxy) is 2. The van der Waals surface area contributed by atoms with Gasteiger partial charge in [-0.1, -0.05) is 13.8 Å².